The molecule has 4 nitrogen and oxygen atoms in total. The summed E-state index contributed by atoms with van der Waals surface area (Å²) in [5.41, 5.74) is 1.61. The van der Waals surface area contributed by atoms with Crippen molar-refractivity contribution >= 4 is 23.6 Å². The Morgan fingerprint density at radius 2 is 1.78 bits per heavy atom. The van der Waals surface area contributed by atoms with Gasteiger partial charge in [0.1, 0.15) is 11.9 Å². The highest BCUT2D eigenvalue weighted by Crippen LogP contribution is 2.22. The van der Waals surface area contributed by atoms with E-state index in [-0.39, 0.29) is 36.6 Å². The van der Waals surface area contributed by atoms with Gasteiger partial charge in [0.25, 0.3) is 0 Å². The van der Waals surface area contributed by atoms with Crippen molar-refractivity contribution in [1.82, 2.24) is 10.2 Å². The summed E-state index contributed by atoms with van der Waals surface area (Å²) in [6.45, 7) is 3.86. The number of carbonyl (C=O) groups excluding carboxylic acids is 2. The molecule has 0 bridgehead atoms. The van der Waals surface area contributed by atoms with Crippen LogP contribution in [0.5, 0.6) is 0 Å². The van der Waals surface area contributed by atoms with Crippen molar-refractivity contribution in [3.05, 3.63) is 65.5 Å². The zero-order valence-electron chi connectivity index (χ0n) is 19.0. The van der Waals surface area contributed by atoms with Gasteiger partial charge in [-0.05, 0) is 44.9 Å². The third kappa shape index (κ3) is 7.09. The quantitative estimate of drug-likeness (QED) is 0.508. The molecule has 2 aromatic rings. The number of nitrogens with one attached hydrogen (secondary N) is 1. The van der Waals surface area contributed by atoms with Crippen molar-refractivity contribution in [1.29, 1.82) is 0 Å². The second kappa shape index (κ2) is 12.0. The van der Waals surface area contributed by atoms with E-state index in [0.717, 1.165) is 30.6 Å². The van der Waals surface area contributed by atoms with E-state index in [1.165, 1.54) is 23.0 Å². The van der Waals surface area contributed by atoms with Gasteiger partial charge in [0.05, 0.1) is 0 Å². The summed E-state index contributed by atoms with van der Waals surface area (Å²) >= 11 is 1.61. The van der Waals surface area contributed by atoms with Gasteiger partial charge in [-0.25, -0.2) is 4.39 Å². The van der Waals surface area contributed by atoms with Crippen molar-refractivity contribution in [3.8, 4) is 0 Å². The Morgan fingerprint density at radius 3 is 2.47 bits per heavy atom. The summed E-state index contributed by atoms with van der Waals surface area (Å²) in [5, 5.41) is 3.11. The first kappa shape index (κ1) is 24.3. The molecule has 1 N–H and O–H groups in total. The van der Waals surface area contributed by atoms with Gasteiger partial charge in [-0.3, -0.25) is 9.59 Å². The van der Waals surface area contributed by atoms with Gasteiger partial charge >= 0.3 is 0 Å². The summed E-state index contributed by atoms with van der Waals surface area (Å²) in [7, 11) is 0. The molecule has 6 heteroatoms. The molecule has 0 radical (unpaired) electrons. The fourth-order valence-electron chi connectivity index (χ4n) is 4.00. The number of rotatable bonds is 9. The Hall–Kier alpha value is -2.34. The second-order valence-corrected chi connectivity index (χ2v) is 9.71. The molecule has 1 fully saturated rings. The Labute approximate surface area is 195 Å². The first-order chi connectivity index (χ1) is 15.4. The van der Waals surface area contributed by atoms with Gasteiger partial charge in [0, 0.05) is 35.2 Å². The average Bonchev–Trinajstić information content (AvgIpc) is 2.80. The van der Waals surface area contributed by atoms with Gasteiger partial charge in [-0.15, -0.1) is 11.8 Å². The molecule has 1 unspecified atom stereocenters. The summed E-state index contributed by atoms with van der Waals surface area (Å²) < 4.78 is 14.3. The summed E-state index contributed by atoms with van der Waals surface area (Å²) in [6.07, 6.45) is 5.69. The third-order valence-electron chi connectivity index (χ3n) is 6.02. The predicted octanol–water partition coefficient (Wildman–Crippen LogP) is 5.48. The lowest BCUT2D eigenvalue weighted by molar-refractivity contribution is -0.140. The number of amides is 2. The van der Waals surface area contributed by atoms with Crippen LogP contribution in [-0.2, 0) is 16.1 Å². The van der Waals surface area contributed by atoms with Crippen LogP contribution in [0, 0.1) is 12.7 Å². The molecule has 0 heterocycles. The minimum atomic E-state index is -0.659. The standard InChI is InChI=1S/C26H33FN2O2S/c1-19-12-14-23(15-13-19)32-17-16-25(30)29(18-21-8-6-7-11-24(21)27)20(2)26(31)28-22-9-4-3-5-10-22/h6-8,11-15,20,22H,3-5,9-10,16-18H2,1-2H3,(H,28,31). The number of halogens is 1. The van der Waals surface area contributed by atoms with Crippen LogP contribution in [0.15, 0.2) is 53.4 Å². The van der Waals surface area contributed by atoms with Gasteiger partial charge in [-0.2, -0.15) is 0 Å². The van der Waals surface area contributed by atoms with Crippen LogP contribution in [0.3, 0.4) is 0 Å². The molecule has 2 amide bonds. The van der Waals surface area contributed by atoms with E-state index < -0.39 is 6.04 Å². The molecule has 172 valence electrons. The summed E-state index contributed by atoms with van der Waals surface area (Å²) in [6, 6.07) is 14.1. The molecule has 0 aliphatic heterocycles. The lowest BCUT2D eigenvalue weighted by atomic mass is 9.95. The van der Waals surface area contributed by atoms with Gasteiger partial charge in [0.15, 0.2) is 0 Å². The minimum Gasteiger partial charge on any atom is -0.352 e. The van der Waals surface area contributed by atoms with E-state index >= 15 is 0 Å². The van der Waals surface area contributed by atoms with Crippen LogP contribution in [0.25, 0.3) is 0 Å². The molecule has 0 aromatic heterocycles. The maximum atomic E-state index is 14.3. The summed E-state index contributed by atoms with van der Waals surface area (Å²) in [5.74, 6) is -0.0572. The van der Waals surface area contributed by atoms with Crippen molar-refractivity contribution < 1.29 is 14.0 Å². The predicted molar refractivity (Wildman–Crippen MR) is 128 cm³/mol. The first-order valence-electron chi connectivity index (χ1n) is 11.5. The van der Waals surface area contributed by atoms with Crippen LogP contribution in [0.1, 0.15) is 56.6 Å². The second-order valence-electron chi connectivity index (χ2n) is 8.54. The highest BCUT2D eigenvalue weighted by atomic mass is 32.2. The molecule has 1 aliphatic carbocycles. The van der Waals surface area contributed by atoms with Crippen molar-refractivity contribution in [3.63, 3.8) is 0 Å². The van der Waals surface area contributed by atoms with Gasteiger partial charge in [-0.1, -0.05) is 55.2 Å². The van der Waals surface area contributed by atoms with Crippen LogP contribution in [0.2, 0.25) is 0 Å². The number of benzene rings is 2. The highest BCUT2D eigenvalue weighted by Gasteiger charge is 2.28. The molecule has 32 heavy (non-hydrogen) atoms. The molecular weight excluding hydrogens is 423 g/mol. The highest BCUT2D eigenvalue weighted by molar-refractivity contribution is 7.99. The van der Waals surface area contributed by atoms with E-state index in [9.17, 15) is 14.0 Å². The van der Waals surface area contributed by atoms with E-state index in [1.807, 2.05) is 31.2 Å². The average molecular weight is 457 g/mol. The van der Waals surface area contributed by atoms with E-state index in [0.29, 0.717) is 11.3 Å². The zero-order valence-corrected chi connectivity index (χ0v) is 19.8. The normalized spacial score (nSPS) is 15.2. The molecule has 3 rings (SSSR count). The lowest BCUT2D eigenvalue weighted by Gasteiger charge is -2.31. The van der Waals surface area contributed by atoms with Crippen LogP contribution in [0.4, 0.5) is 4.39 Å². The Morgan fingerprint density at radius 1 is 1.09 bits per heavy atom. The molecule has 1 saturated carbocycles. The largest absolute Gasteiger partial charge is 0.352 e. The number of nitrogens with zero attached hydrogens (tertiary/aromatic N) is 1. The topological polar surface area (TPSA) is 49.4 Å². The zero-order chi connectivity index (χ0) is 22.9. The van der Waals surface area contributed by atoms with Crippen LogP contribution >= 0.6 is 11.8 Å². The maximum absolute atomic E-state index is 14.3. The lowest BCUT2D eigenvalue weighted by Crippen LogP contribution is -2.50. The fraction of sp³-hybridized carbons (Fsp3) is 0.462. The van der Waals surface area contributed by atoms with Gasteiger partial charge < -0.3 is 10.2 Å². The van der Waals surface area contributed by atoms with Crippen molar-refractivity contribution in [2.24, 2.45) is 0 Å². The maximum Gasteiger partial charge on any atom is 0.242 e. The molecule has 0 spiro atoms. The molecule has 2 aromatic carbocycles. The minimum absolute atomic E-state index is 0.0833. The number of thioether (sulfide) groups is 1. The SMILES string of the molecule is Cc1ccc(SCCC(=O)N(Cc2ccccc2F)C(C)C(=O)NC2CCCCC2)cc1. The van der Waals surface area contributed by atoms with Crippen LogP contribution in [-0.4, -0.2) is 34.6 Å². The van der Waals surface area contributed by atoms with Gasteiger partial charge in [0.2, 0.25) is 11.8 Å². The number of carbonyl (C=O) groups is 2. The fourth-order valence-corrected chi connectivity index (χ4v) is 4.84. The van der Waals surface area contributed by atoms with Crippen LogP contribution < -0.4 is 5.32 Å². The van der Waals surface area contributed by atoms with Crippen molar-refractivity contribution in [2.45, 2.75) is 75.9 Å². The van der Waals surface area contributed by atoms with E-state index in [4.69, 9.17) is 0 Å². The number of hydrogen-bond acceptors (Lipinski definition) is 3. The van der Waals surface area contributed by atoms with Crippen molar-refractivity contribution in [2.75, 3.05) is 5.75 Å². The molecule has 1 aliphatic rings. The smallest absolute Gasteiger partial charge is 0.242 e. The first-order valence-corrected chi connectivity index (χ1v) is 12.5. The van der Waals surface area contributed by atoms with E-state index in [2.05, 4.69) is 5.32 Å². The Bertz CT molecular complexity index is 897. The number of aryl methyl sites for hydroxylation is 1. The Balaban J connectivity index is 1.65. The molecule has 1 atom stereocenters. The third-order valence-corrected chi connectivity index (χ3v) is 7.04. The molecular formula is C26H33FN2O2S. The monoisotopic (exact) mass is 456 g/mol. The summed E-state index contributed by atoms with van der Waals surface area (Å²) in [4.78, 5) is 28.7. The van der Waals surface area contributed by atoms with E-state index in [1.54, 1.807) is 36.9 Å². The molecule has 0 saturated heterocycles. The number of hydrogen-bond donors (Lipinski definition) is 1. The Kier molecular flexibility index (Phi) is 9.15.